The number of hydrogen-bond acceptors (Lipinski definition) is 4. The molecule has 0 saturated carbocycles. The average Bonchev–Trinajstić information content (AvgIpc) is 3.11. The molecule has 2 aromatic carbocycles. The fourth-order valence-corrected chi connectivity index (χ4v) is 3.55. The fraction of sp³-hybridized carbons (Fsp3) is 0.350. The molecule has 0 radical (unpaired) electrons. The van der Waals surface area contributed by atoms with Crippen LogP contribution in [0.3, 0.4) is 0 Å². The lowest BCUT2D eigenvalue weighted by atomic mass is 9.97. The van der Waals surface area contributed by atoms with Crippen molar-refractivity contribution in [1.82, 2.24) is 4.90 Å². The van der Waals surface area contributed by atoms with Crippen LogP contribution in [0, 0.1) is 0 Å². The van der Waals surface area contributed by atoms with Gasteiger partial charge in [0.15, 0.2) is 0 Å². The minimum Gasteiger partial charge on any atom is -0.497 e. The van der Waals surface area contributed by atoms with Gasteiger partial charge in [-0.25, -0.2) is 0 Å². The minimum absolute atomic E-state index is 0.310. The highest BCUT2D eigenvalue weighted by Crippen LogP contribution is 2.36. The molecule has 0 aromatic heterocycles. The molecule has 2 N–H and O–H groups in total. The number of amides is 1. The van der Waals surface area contributed by atoms with E-state index in [0.29, 0.717) is 5.92 Å². The first kappa shape index (κ1) is 17.3. The molecule has 25 heavy (non-hydrogen) atoms. The van der Waals surface area contributed by atoms with Crippen molar-refractivity contribution >= 4 is 5.91 Å². The van der Waals surface area contributed by atoms with E-state index in [1.807, 2.05) is 48.5 Å². The second-order valence-corrected chi connectivity index (χ2v) is 6.34. The van der Waals surface area contributed by atoms with Gasteiger partial charge in [-0.05, 0) is 42.1 Å². The van der Waals surface area contributed by atoms with Crippen LogP contribution in [0.5, 0.6) is 11.5 Å². The number of nitrogens with two attached hydrogens (primary N) is 1. The summed E-state index contributed by atoms with van der Waals surface area (Å²) in [5.41, 5.74) is 7.81. The van der Waals surface area contributed by atoms with E-state index in [0.717, 1.165) is 42.1 Å². The second kappa shape index (κ2) is 7.57. The van der Waals surface area contributed by atoms with Crippen LogP contribution >= 0.6 is 0 Å². The summed E-state index contributed by atoms with van der Waals surface area (Å²) in [6, 6.07) is 15.3. The molecular formula is C20H24N2O3. The van der Waals surface area contributed by atoms with Gasteiger partial charge in [0.05, 0.1) is 14.2 Å². The summed E-state index contributed by atoms with van der Waals surface area (Å²) in [5.74, 6) is 1.56. The quantitative estimate of drug-likeness (QED) is 0.878. The molecule has 1 heterocycles. The van der Waals surface area contributed by atoms with Crippen LogP contribution in [-0.4, -0.2) is 38.1 Å². The van der Waals surface area contributed by atoms with E-state index in [-0.39, 0.29) is 5.91 Å². The van der Waals surface area contributed by atoms with E-state index in [2.05, 4.69) is 4.90 Å². The Labute approximate surface area is 148 Å². The summed E-state index contributed by atoms with van der Waals surface area (Å²) in [6.45, 7) is 1.60. The van der Waals surface area contributed by atoms with Gasteiger partial charge in [0.25, 0.3) is 0 Å². The molecule has 132 valence electrons. The number of likely N-dealkylation sites (tertiary alicyclic amines) is 1. The molecule has 2 atom stereocenters. The van der Waals surface area contributed by atoms with Gasteiger partial charge < -0.3 is 15.2 Å². The summed E-state index contributed by atoms with van der Waals surface area (Å²) >= 11 is 0. The molecule has 1 fully saturated rings. The van der Waals surface area contributed by atoms with Gasteiger partial charge in [-0.15, -0.1) is 0 Å². The maximum Gasteiger partial charge on any atom is 0.239 e. The van der Waals surface area contributed by atoms with Crippen molar-refractivity contribution in [3.05, 3.63) is 59.7 Å². The number of benzene rings is 2. The van der Waals surface area contributed by atoms with E-state index >= 15 is 0 Å². The fourth-order valence-electron chi connectivity index (χ4n) is 3.55. The Kier molecular flexibility index (Phi) is 5.24. The molecule has 0 unspecified atom stereocenters. The standard InChI is InChI=1S/C20H24N2O3/c1-24-17-10-16(11-18(12-17)25-2)15-8-9-22(13-15)19(20(21)23)14-6-4-3-5-7-14/h3-7,10-12,15,19H,8-9,13H2,1-2H3,(H2,21,23)/t15-,19-/m0/s1. The van der Waals surface area contributed by atoms with Gasteiger partial charge in [-0.2, -0.15) is 0 Å². The zero-order valence-electron chi connectivity index (χ0n) is 14.6. The number of hydrogen-bond donors (Lipinski definition) is 1. The second-order valence-electron chi connectivity index (χ2n) is 6.34. The lowest BCUT2D eigenvalue weighted by Gasteiger charge is -2.25. The Morgan fingerprint density at radius 3 is 2.32 bits per heavy atom. The third-order valence-corrected chi connectivity index (χ3v) is 4.81. The molecule has 0 bridgehead atoms. The SMILES string of the molecule is COc1cc(OC)cc([C@H]2CCN([C@H](C(N)=O)c3ccccc3)C2)c1. The summed E-state index contributed by atoms with van der Waals surface area (Å²) in [7, 11) is 3.30. The predicted octanol–water partition coefficient (Wildman–Crippen LogP) is 2.72. The van der Waals surface area contributed by atoms with Gasteiger partial charge in [0.1, 0.15) is 17.5 Å². The average molecular weight is 340 g/mol. The largest absolute Gasteiger partial charge is 0.497 e. The Morgan fingerprint density at radius 2 is 1.76 bits per heavy atom. The van der Waals surface area contributed by atoms with E-state index in [4.69, 9.17) is 15.2 Å². The number of methoxy groups -OCH3 is 2. The Bertz CT molecular complexity index is 711. The number of ether oxygens (including phenoxy) is 2. The molecule has 5 heteroatoms. The van der Waals surface area contributed by atoms with Crippen LogP contribution in [0.2, 0.25) is 0 Å². The van der Waals surface area contributed by atoms with Gasteiger partial charge >= 0.3 is 0 Å². The number of primary amides is 1. The summed E-state index contributed by atoms with van der Waals surface area (Å²) < 4.78 is 10.7. The van der Waals surface area contributed by atoms with E-state index in [1.165, 1.54) is 0 Å². The van der Waals surface area contributed by atoms with Crippen molar-refractivity contribution in [2.24, 2.45) is 5.73 Å². The van der Waals surface area contributed by atoms with Crippen molar-refractivity contribution in [2.75, 3.05) is 27.3 Å². The lowest BCUT2D eigenvalue weighted by molar-refractivity contribution is -0.123. The van der Waals surface area contributed by atoms with E-state index in [9.17, 15) is 4.79 Å². The monoisotopic (exact) mass is 340 g/mol. The highest BCUT2D eigenvalue weighted by atomic mass is 16.5. The summed E-state index contributed by atoms with van der Waals surface area (Å²) in [5, 5.41) is 0. The van der Waals surface area contributed by atoms with Gasteiger partial charge in [0, 0.05) is 12.6 Å². The summed E-state index contributed by atoms with van der Waals surface area (Å²) in [4.78, 5) is 14.2. The van der Waals surface area contributed by atoms with E-state index in [1.54, 1.807) is 14.2 Å². The maximum atomic E-state index is 12.1. The first-order chi connectivity index (χ1) is 12.1. The van der Waals surface area contributed by atoms with Crippen LogP contribution in [-0.2, 0) is 4.79 Å². The van der Waals surface area contributed by atoms with Crippen LogP contribution in [0.4, 0.5) is 0 Å². The minimum atomic E-state index is -0.390. The molecule has 1 aliphatic heterocycles. The smallest absolute Gasteiger partial charge is 0.239 e. The topological polar surface area (TPSA) is 64.8 Å². The molecular weight excluding hydrogens is 316 g/mol. The third kappa shape index (κ3) is 3.77. The maximum absolute atomic E-state index is 12.1. The Balaban J connectivity index is 1.82. The van der Waals surface area contributed by atoms with Crippen molar-refractivity contribution in [2.45, 2.75) is 18.4 Å². The van der Waals surface area contributed by atoms with Crippen molar-refractivity contribution in [3.63, 3.8) is 0 Å². The molecule has 1 aliphatic rings. The molecule has 0 aliphatic carbocycles. The first-order valence-electron chi connectivity index (χ1n) is 8.43. The van der Waals surface area contributed by atoms with Crippen molar-refractivity contribution < 1.29 is 14.3 Å². The van der Waals surface area contributed by atoms with Gasteiger partial charge in [0.2, 0.25) is 5.91 Å². The van der Waals surface area contributed by atoms with Gasteiger partial charge in [-0.1, -0.05) is 30.3 Å². The highest BCUT2D eigenvalue weighted by molar-refractivity contribution is 5.81. The lowest BCUT2D eigenvalue weighted by Crippen LogP contribution is -2.36. The first-order valence-corrected chi connectivity index (χ1v) is 8.43. The number of carbonyl (C=O) groups is 1. The molecule has 3 rings (SSSR count). The number of rotatable bonds is 6. The molecule has 2 aromatic rings. The van der Waals surface area contributed by atoms with Crippen molar-refractivity contribution in [3.8, 4) is 11.5 Å². The van der Waals surface area contributed by atoms with Crippen LogP contribution in [0.25, 0.3) is 0 Å². The summed E-state index contributed by atoms with van der Waals surface area (Å²) in [6.07, 6.45) is 0.965. The third-order valence-electron chi connectivity index (χ3n) is 4.81. The predicted molar refractivity (Wildman–Crippen MR) is 96.9 cm³/mol. The molecule has 5 nitrogen and oxygen atoms in total. The number of carbonyl (C=O) groups excluding carboxylic acids is 1. The zero-order chi connectivity index (χ0) is 17.8. The van der Waals surface area contributed by atoms with Crippen LogP contribution < -0.4 is 15.2 Å². The van der Waals surface area contributed by atoms with Crippen LogP contribution in [0.15, 0.2) is 48.5 Å². The normalized spacial score (nSPS) is 18.7. The molecule has 1 amide bonds. The highest BCUT2D eigenvalue weighted by Gasteiger charge is 2.33. The zero-order valence-corrected chi connectivity index (χ0v) is 14.6. The van der Waals surface area contributed by atoms with Crippen LogP contribution in [0.1, 0.15) is 29.5 Å². The van der Waals surface area contributed by atoms with Gasteiger partial charge in [-0.3, -0.25) is 9.69 Å². The molecule has 1 saturated heterocycles. The Hall–Kier alpha value is -2.53. The van der Waals surface area contributed by atoms with E-state index < -0.39 is 6.04 Å². The Morgan fingerprint density at radius 1 is 1.12 bits per heavy atom. The van der Waals surface area contributed by atoms with Crippen molar-refractivity contribution in [1.29, 1.82) is 0 Å². The molecule has 0 spiro atoms. The number of nitrogens with zero attached hydrogens (tertiary/aromatic N) is 1.